The van der Waals surface area contributed by atoms with Gasteiger partial charge in [-0.25, -0.2) is 4.98 Å². The number of benzene rings is 1. The van der Waals surface area contributed by atoms with Crippen molar-refractivity contribution in [1.29, 1.82) is 0 Å². The Balaban J connectivity index is 1.49. The molecule has 24 heavy (non-hydrogen) atoms. The summed E-state index contributed by atoms with van der Waals surface area (Å²) < 4.78 is 0. The molecular weight excluding hydrogens is 318 g/mol. The van der Waals surface area contributed by atoms with Crippen molar-refractivity contribution in [2.75, 3.05) is 13.1 Å². The van der Waals surface area contributed by atoms with Crippen LogP contribution >= 0.6 is 11.3 Å². The number of nitrogens with zero attached hydrogens (tertiary/aromatic N) is 3. The van der Waals surface area contributed by atoms with Crippen LogP contribution in [0.1, 0.15) is 27.3 Å². The molecular formula is C19H19N3OS. The molecule has 1 aliphatic rings. The summed E-state index contributed by atoms with van der Waals surface area (Å²) in [6.07, 6.45) is 3.94. The Bertz CT molecular complexity index is 884. The number of aryl methyl sites for hydroxylation is 1. The molecule has 5 heteroatoms. The molecule has 0 unspecified atom stereocenters. The molecule has 0 spiro atoms. The lowest BCUT2D eigenvalue weighted by atomic mass is 9.96. The fourth-order valence-electron chi connectivity index (χ4n) is 3.48. The van der Waals surface area contributed by atoms with Gasteiger partial charge in [-0.1, -0.05) is 18.2 Å². The van der Waals surface area contributed by atoms with Gasteiger partial charge in [0.25, 0.3) is 5.91 Å². The molecule has 0 N–H and O–H groups in total. The molecule has 0 bridgehead atoms. The highest BCUT2D eigenvalue weighted by Gasteiger charge is 2.28. The van der Waals surface area contributed by atoms with Gasteiger partial charge in [-0.15, -0.1) is 11.3 Å². The van der Waals surface area contributed by atoms with Crippen LogP contribution in [-0.4, -0.2) is 33.9 Å². The average molecular weight is 337 g/mol. The third kappa shape index (κ3) is 2.80. The number of hydrogen-bond acceptors (Lipinski definition) is 4. The Labute approximate surface area is 145 Å². The first-order chi connectivity index (χ1) is 11.7. The number of carbonyl (C=O) groups is 1. The van der Waals surface area contributed by atoms with Crippen LogP contribution in [-0.2, 0) is 6.42 Å². The van der Waals surface area contributed by atoms with E-state index in [4.69, 9.17) is 0 Å². The van der Waals surface area contributed by atoms with E-state index in [9.17, 15) is 4.79 Å². The number of likely N-dealkylation sites (tertiary alicyclic amines) is 1. The first kappa shape index (κ1) is 15.3. The quantitative estimate of drug-likeness (QED) is 0.732. The monoisotopic (exact) mass is 337 g/mol. The molecule has 4 nitrogen and oxygen atoms in total. The minimum Gasteiger partial charge on any atom is -0.338 e. The number of fused-ring (bicyclic) bond motifs is 1. The van der Waals surface area contributed by atoms with Crippen molar-refractivity contribution < 1.29 is 4.79 Å². The second kappa shape index (κ2) is 6.32. The van der Waals surface area contributed by atoms with E-state index < -0.39 is 0 Å². The Kier molecular flexibility index (Phi) is 4.02. The van der Waals surface area contributed by atoms with Gasteiger partial charge in [0.15, 0.2) is 0 Å². The van der Waals surface area contributed by atoms with Gasteiger partial charge < -0.3 is 4.90 Å². The second-order valence-corrected chi connectivity index (χ2v) is 7.22. The molecule has 1 saturated heterocycles. The smallest absolute Gasteiger partial charge is 0.265 e. The van der Waals surface area contributed by atoms with Gasteiger partial charge in [-0.2, -0.15) is 0 Å². The summed E-state index contributed by atoms with van der Waals surface area (Å²) in [6.45, 7) is 3.57. The largest absolute Gasteiger partial charge is 0.338 e. The lowest BCUT2D eigenvalue weighted by Crippen LogP contribution is -2.28. The summed E-state index contributed by atoms with van der Waals surface area (Å²) in [5, 5.41) is 1.23. The van der Waals surface area contributed by atoms with Crippen molar-refractivity contribution >= 4 is 28.1 Å². The number of carbonyl (C=O) groups excluding carboxylic acids is 1. The molecule has 0 radical (unpaired) electrons. The zero-order valence-electron chi connectivity index (χ0n) is 13.6. The summed E-state index contributed by atoms with van der Waals surface area (Å²) in [7, 11) is 0. The van der Waals surface area contributed by atoms with E-state index in [1.54, 1.807) is 5.51 Å². The number of para-hydroxylation sites is 1. The van der Waals surface area contributed by atoms with Crippen LogP contribution in [0.4, 0.5) is 0 Å². The van der Waals surface area contributed by atoms with Crippen molar-refractivity contribution in [3.8, 4) is 0 Å². The highest BCUT2D eigenvalue weighted by atomic mass is 32.1. The summed E-state index contributed by atoms with van der Waals surface area (Å²) in [6, 6.07) is 10.4. The molecule has 0 aliphatic carbocycles. The minimum absolute atomic E-state index is 0.136. The fraction of sp³-hybridized carbons (Fsp3) is 0.316. The van der Waals surface area contributed by atoms with Gasteiger partial charge in [0, 0.05) is 24.7 Å². The number of aromatic nitrogens is 2. The van der Waals surface area contributed by atoms with Gasteiger partial charge in [-0.3, -0.25) is 9.78 Å². The van der Waals surface area contributed by atoms with E-state index in [1.807, 2.05) is 24.1 Å². The van der Waals surface area contributed by atoms with Crippen LogP contribution in [0.5, 0.6) is 0 Å². The molecule has 122 valence electrons. The molecule has 1 aliphatic heterocycles. The minimum atomic E-state index is 0.136. The number of thiazole rings is 1. The highest BCUT2D eigenvalue weighted by Crippen LogP contribution is 2.27. The third-order valence-electron chi connectivity index (χ3n) is 4.76. The normalized spacial score (nSPS) is 17.5. The van der Waals surface area contributed by atoms with Crippen LogP contribution < -0.4 is 0 Å². The average Bonchev–Trinajstić information content (AvgIpc) is 3.24. The maximum Gasteiger partial charge on any atom is 0.265 e. The van der Waals surface area contributed by atoms with Crippen LogP contribution in [0, 0.1) is 12.8 Å². The van der Waals surface area contributed by atoms with E-state index in [1.165, 1.54) is 22.3 Å². The van der Waals surface area contributed by atoms with Crippen LogP contribution in [0.3, 0.4) is 0 Å². The predicted octanol–water partition coefficient (Wildman–Crippen LogP) is 3.70. The topological polar surface area (TPSA) is 46.1 Å². The number of hydrogen-bond donors (Lipinski definition) is 0. The van der Waals surface area contributed by atoms with E-state index >= 15 is 0 Å². The number of rotatable bonds is 3. The van der Waals surface area contributed by atoms with Crippen LogP contribution in [0.25, 0.3) is 10.9 Å². The van der Waals surface area contributed by atoms with Crippen LogP contribution in [0.15, 0.2) is 42.0 Å². The van der Waals surface area contributed by atoms with Gasteiger partial charge in [0.05, 0.1) is 16.7 Å². The maximum atomic E-state index is 12.6. The number of amides is 1. The zero-order chi connectivity index (χ0) is 16.5. The Hall–Kier alpha value is -2.27. The van der Waals surface area contributed by atoms with Gasteiger partial charge in [0.2, 0.25) is 0 Å². The molecule has 2 aromatic heterocycles. The Morgan fingerprint density at radius 2 is 2.17 bits per heavy atom. The van der Waals surface area contributed by atoms with Crippen molar-refractivity contribution in [2.45, 2.75) is 19.8 Å². The van der Waals surface area contributed by atoms with Gasteiger partial charge in [0.1, 0.15) is 4.88 Å². The van der Waals surface area contributed by atoms with Crippen molar-refractivity contribution in [2.24, 2.45) is 5.92 Å². The van der Waals surface area contributed by atoms with Crippen molar-refractivity contribution in [3.05, 3.63) is 58.2 Å². The molecule has 1 aromatic carbocycles. The summed E-state index contributed by atoms with van der Waals surface area (Å²) in [4.78, 5) is 24.0. The molecule has 1 atom stereocenters. The first-order valence-electron chi connectivity index (χ1n) is 8.24. The summed E-state index contributed by atoms with van der Waals surface area (Å²) in [5.41, 5.74) is 4.96. The van der Waals surface area contributed by atoms with Crippen LogP contribution in [0.2, 0.25) is 0 Å². The Morgan fingerprint density at radius 3 is 3.00 bits per heavy atom. The first-order valence-corrected chi connectivity index (χ1v) is 9.12. The van der Waals surface area contributed by atoms with E-state index in [2.05, 4.69) is 34.2 Å². The fourth-order valence-corrected chi connectivity index (χ4v) is 4.25. The zero-order valence-corrected chi connectivity index (χ0v) is 14.4. The summed E-state index contributed by atoms with van der Waals surface area (Å²) >= 11 is 1.44. The van der Waals surface area contributed by atoms with Gasteiger partial charge in [-0.05, 0) is 43.4 Å². The van der Waals surface area contributed by atoms with Crippen molar-refractivity contribution in [3.63, 3.8) is 0 Å². The highest BCUT2D eigenvalue weighted by molar-refractivity contribution is 7.11. The standard InChI is InChI=1S/C19H19N3OS/c1-13-18(24-12-21-13)19(23)22-9-7-14(11-22)10-15-6-8-20-17-5-3-2-4-16(15)17/h2-6,8,12,14H,7,9-11H2,1H3/t14-/m1/s1. The molecule has 3 aromatic rings. The van der Waals surface area contributed by atoms with E-state index in [0.29, 0.717) is 5.92 Å². The lowest BCUT2D eigenvalue weighted by Gasteiger charge is -2.16. The molecule has 3 heterocycles. The predicted molar refractivity (Wildman–Crippen MR) is 96.3 cm³/mol. The third-order valence-corrected chi connectivity index (χ3v) is 5.68. The number of pyridine rings is 1. The molecule has 0 saturated carbocycles. The Morgan fingerprint density at radius 1 is 1.29 bits per heavy atom. The van der Waals surface area contributed by atoms with Crippen molar-refractivity contribution in [1.82, 2.24) is 14.9 Å². The molecule has 1 fully saturated rings. The molecule has 4 rings (SSSR count). The second-order valence-electron chi connectivity index (χ2n) is 6.36. The summed E-state index contributed by atoms with van der Waals surface area (Å²) in [5.74, 6) is 0.644. The lowest BCUT2D eigenvalue weighted by molar-refractivity contribution is 0.0791. The molecule has 1 amide bonds. The maximum absolute atomic E-state index is 12.6. The SMILES string of the molecule is Cc1ncsc1C(=O)N1CC[C@H](Cc2ccnc3ccccc23)C1. The van der Waals surface area contributed by atoms with E-state index in [0.717, 1.165) is 42.0 Å². The van der Waals surface area contributed by atoms with Gasteiger partial charge >= 0.3 is 0 Å². The van der Waals surface area contributed by atoms with E-state index in [-0.39, 0.29) is 5.91 Å².